The van der Waals surface area contributed by atoms with Crippen LogP contribution in [0.3, 0.4) is 0 Å². The Labute approximate surface area is 114 Å². The molecule has 0 aromatic carbocycles. The first-order valence-corrected chi connectivity index (χ1v) is 8.83. The molecule has 2 aliphatic heterocycles. The molecule has 0 aromatic heterocycles. The van der Waals surface area contributed by atoms with Gasteiger partial charge in [-0.1, -0.05) is 0 Å². The molecule has 0 radical (unpaired) electrons. The van der Waals surface area contributed by atoms with E-state index in [0.29, 0.717) is 18.7 Å². The molecule has 2 heterocycles. The number of urea groups is 1. The topological polar surface area (TPSA) is 87.3 Å². The molecule has 0 aliphatic carbocycles. The first-order valence-electron chi connectivity index (χ1n) is 7.01. The van der Waals surface area contributed by atoms with E-state index < -0.39 is 9.84 Å². The fourth-order valence-electron chi connectivity index (χ4n) is 2.73. The van der Waals surface area contributed by atoms with Crippen molar-refractivity contribution in [3.8, 4) is 0 Å². The molecule has 2 atom stereocenters. The van der Waals surface area contributed by atoms with Crippen LogP contribution in [-0.2, 0) is 9.84 Å². The van der Waals surface area contributed by atoms with Gasteiger partial charge in [0.05, 0.1) is 11.5 Å². The number of carbonyl (C=O) groups excluding carboxylic acids is 1. The van der Waals surface area contributed by atoms with Gasteiger partial charge in [0.1, 0.15) is 0 Å². The largest absolute Gasteiger partial charge is 0.338 e. The van der Waals surface area contributed by atoms with Gasteiger partial charge in [0.15, 0.2) is 9.84 Å². The van der Waals surface area contributed by atoms with E-state index in [2.05, 4.69) is 16.0 Å². The molecule has 0 spiro atoms. The minimum atomic E-state index is -2.89. The minimum Gasteiger partial charge on any atom is -0.338 e. The smallest absolute Gasteiger partial charge is 0.315 e. The summed E-state index contributed by atoms with van der Waals surface area (Å²) in [7, 11) is -2.89. The molecular weight excluding hydrogens is 266 g/mol. The van der Waals surface area contributed by atoms with Gasteiger partial charge in [-0.3, -0.25) is 0 Å². The summed E-state index contributed by atoms with van der Waals surface area (Å²) in [6, 6.07) is 0.000472. The summed E-state index contributed by atoms with van der Waals surface area (Å²) in [5, 5.41) is 8.95. The number of rotatable bonds is 3. The number of hydrogen-bond donors (Lipinski definition) is 3. The SMILES string of the molecule is O=C(NCC1CCCS(=O)(=O)C1)NC1CCCNC1. The molecule has 110 valence electrons. The molecule has 2 unspecified atom stereocenters. The lowest BCUT2D eigenvalue weighted by atomic mass is 10.1. The Morgan fingerprint density at radius 2 is 2.11 bits per heavy atom. The fourth-order valence-corrected chi connectivity index (χ4v) is 4.50. The standard InChI is InChI=1S/C12H23N3O3S/c16-12(15-11-4-1-5-13-8-11)14-7-10-3-2-6-19(17,18)9-10/h10-11,13H,1-9H2,(H2,14,15,16). The van der Waals surface area contributed by atoms with Crippen molar-refractivity contribution in [1.29, 1.82) is 0 Å². The lowest BCUT2D eigenvalue weighted by Gasteiger charge is -2.25. The van der Waals surface area contributed by atoms with Crippen molar-refractivity contribution in [3.63, 3.8) is 0 Å². The Morgan fingerprint density at radius 3 is 2.79 bits per heavy atom. The van der Waals surface area contributed by atoms with Crippen molar-refractivity contribution in [1.82, 2.24) is 16.0 Å². The maximum Gasteiger partial charge on any atom is 0.315 e. The molecule has 2 fully saturated rings. The van der Waals surface area contributed by atoms with E-state index in [-0.39, 0.29) is 23.7 Å². The average Bonchev–Trinajstić information content (AvgIpc) is 2.36. The number of sulfone groups is 1. The zero-order valence-electron chi connectivity index (χ0n) is 11.2. The third-order valence-electron chi connectivity index (χ3n) is 3.74. The molecule has 3 N–H and O–H groups in total. The van der Waals surface area contributed by atoms with Gasteiger partial charge in [0, 0.05) is 19.1 Å². The van der Waals surface area contributed by atoms with Crippen LogP contribution in [0.5, 0.6) is 0 Å². The Bertz CT molecular complexity index is 404. The Hall–Kier alpha value is -0.820. The molecule has 7 heteroatoms. The summed E-state index contributed by atoms with van der Waals surface area (Å²) in [4.78, 5) is 11.7. The fraction of sp³-hybridized carbons (Fsp3) is 0.917. The Kier molecular flexibility index (Phi) is 5.04. The lowest BCUT2D eigenvalue weighted by molar-refractivity contribution is 0.232. The zero-order chi connectivity index (χ0) is 13.7. The molecule has 2 rings (SSSR count). The van der Waals surface area contributed by atoms with Crippen LogP contribution >= 0.6 is 0 Å². The number of carbonyl (C=O) groups is 1. The van der Waals surface area contributed by atoms with E-state index in [4.69, 9.17) is 0 Å². The number of hydrogen-bond acceptors (Lipinski definition) is 4. The van der Waals surface area contributed by atoms with Gasteiger partial charge in [-0.15, -0.1) is 0 Å². The third-order valence-corrected chi connectivity index (χ3v) is 5.63. The van der Waals surface area contributed by atoms with Gasteiger partial charge in [0.25, 0.3) is 0 Å². The monoisotopic (exact) mass is 289 g/mol. The Morgan fingerprint density at radius 1 is 1.26 bits per heavy atom. The highest BCUT2D eigenvalue weighted by molar-refractivity contribution is 7.91. The highest BCUT2D eigenvalue weighted by Gasteiger charge is 2.25. The van der Waals surface area contributed by atoms with Gasteiger partial charge < -0.3 is 16.0 Å². The van der Waals surface area contributed by atoms with Crippen molar-refractivity contribution >= 4 is 15.9 Å². The van der Waals surface area contributed by atoms with Crippen molar-refractivity contribution < 1.29 is 13.2 Å². The summed E-state index contributed by atoms with van der Waals surface area (Å²) >= 11 is 0. The second kappa shape index (κ2) is 6.56. The molecule has 0 saturated carbocycles. The maximum atomic E-state index is 11.7. The van der Waals surface area contributed by atoms with Crippen LogP contribution in [-0.4, -0.2) is 51.6 Å². The van der Waals surface area contributed by atoms with Crippen molar-refractivity contribution in [2.75, 3.05) is 31.1 Å². The van der Waals surface area contributed by atoms with Crippen molar-refractivity contribution in [3.05, 3.63) is 0 Å². The second-order valence-electron chi connectivity index (χ2n) is 5.52. The lowest BCUT2D eigenvalue weighted by Crippen LogP contribution is -2.50. The molecule has 0 aromatic rings. The van der Waals surface area contributed by atoms with E-state index in [0.717, 1.165) is 32.4 Å². The number of piperidine rings is 1. The van der Waals surface area contributed by atoms with Crippen molar-refractivity contribution in [2.45, 2.75) is 31.7 Å². The number of nitrogens with one attached hydrogen (secondary N) is 3. The molecule has 0 bridgehead atoms. The van der Waals surface area contributed by atoms with E-state index in [1.165, 1.54) is 0 Å². The van der Waals surface area contributed by atoms with E-state index in [9.17, 15) is 13.2 Å². The summed E-state index contributed by atoms with van der Waals surface area (Å²) in [5.41, 5.74) is 0. The maximum absolute atomic E-state index is 11.7. The van der Waals surface area contributed by atoms with Gasteiger partial charge in [0.2, 0.25) is 0 Å². The molecular formula is C12H23N3O3S. The van der Waals surface area contributed by atoms with Gasteiger partial charge in [-0.05, 0) is 38.1 Å². The predicted octanol–water partition coefficient (Wildman–Crippen LogP) is -0.138. The van der Waals surface area contributed by atoms with Gasteiger partial charge >= 0.3 is 6.03 Å². The zero-order valence-corrected chi connectivity index (χ0v) is 12.0. The van der Waals surface area contributed by atoms with Crippen LogP contribution in [0.2, 0.25) is 0 Å². The van der Waals surface area contributed by atoms with Crippen LogP contribution in [0, 0.1) is 5.92 Å². The van der Waals surface area contributed by atoms with Gasteiger partial charge in [-0.2, -0.15) is 0 Å². The molecule has 19 heavy (non-hydrogen) atoms. The molecule has 2 saturated heterocycles. The van der Waals surface area contributed by atoms with Gasteiger partial charge in [-0.25, -0.2) is 13.2 Å². The summed E-state index contributed by atoms with van der Waals surface area (Å²) < 4.78 is 23.0. The highest BCUT2D eigenvalue weighted by Crippen LogP contribution is 2.17. The predicted molar refractivity (Wildman–Crippen MR) is 73.8 cm³/mol. The van der Waals surface area contributed by atoms with Crippen LogP contribution in [0.15, 0.2) is 0 Å². The Balaban J connectivity index is 1.68. The normalized spacial score (nSPS) is 30.5. The van der Waals surface area contributed by atoms with Crippen LogP contribution in [0.25, 0.3) is 0 Å². The first kappa shape index (κ1) is 14.6. The van der Waals surface area contributed by atoms with Crippen LogP contribution < -0.4 is 16.0 Å². The molecule has 2 aliphatic rings. The van der Waals surface area contributed by atoms with E-state index in [1.807, 2.05) is 0 Å². The summed E-state index contributed by atoms with van der Waals surface area (Å²) in [6.07, 6.45) is 3.66. The van der Waals surface area contributed by atoms with Crippen LogP contribution in [0.4, 0.5) is 4.79 Å². The van der Waals surface area contributed by atoms with E-state index in [1.54, 1.807) is 0 Å². The first-order chi connectivity index (χ1) is 9.05. The van der Waals surface area contributed by atoms with Crippen LogP contribution in [0.1, 0.15) is 25.7 Å². The quantitative estimate of drug-likeness (QED) is 0.675. The molecule has 6 nitrogen and oxygen atoms in total. The average molecular weight is 289 g/mol. The van der Waals surface area contributed by atoms with E-state index >= 15 is 0 Å². The second-order valence-corrected chi connectivity index (χ2v) is 7.75. The molecule has 2 amide bonds. The summed E-state index contributed by atoms with van der Waals surface area (Å²) in [6.45, 7) is 2.27. The summed E-state index contributed by atoms with van der Waals surface area (Å²) in [5.74, 6) is 0.566. The minimum absolute atomic E-state index is 0.0639. The highest BCUT2D eigenvalue weighted by atomic mass is 32.2. The third kappa shape index (κ3) is 4.99. The van der Waals surface area contributed by atoms with Crippen molar-refractivity contribution in [2.24, 2.45) is 5.92 Å². The number of amides is 2.